The van der Waals surface area contributed by atoms with Crippen LogP contribution in [0.5, 0.6) is 0 Å². The second-order valence-electron chi connectivity index (χ2n) is 4.33. The summed E-state index contributed by atoms with van der Waals surface area (Å²) < 4.78 is 0. The topological polar surface area (TPSA) is 29.3 Å². The molecule has 2 N–H and O–H groups in total. The Kier molecular flexibility index (Phi) is 4.13. The average molecular weight is 236 g/mol. The smallest absolute Gasteiger partial charge is 0.0366 e. The van der Waals surface area contributed by atoms with Crippen molar-refractivity contribution in [1.29, 1.82) is 0 Å². The van der Waals surface area contributed by atoms with Crippen LogP contribution in [0.15, 0.2) is 24.3 Å². The Labute approximate surface area is 102 Å². The predicted octanol–water partition coefficient (Wildman–Crippen LogP) is 2.65. The summed E-state index contributed by atoms with van der Waals surface area (Å²) in [7, 11) is 0. The fourth-order valence-corrected chi connectivity index (χ4v) is 2.88. The van der Waals surface area contributed by atoms with E-state index in [0.29, 0.717) is 0 Å². The van der Waals surface area contributed by atoms with Crippen molar-refractivity contribution in [3.8, 4) is 0 Å². The van der Waals surface area contributed by atoms with Crippen molar-refractivity contribution < 1.29 is 0 Å². The van der Waals surface area contributed by atoms with Crippen LogP contribution in [-0.4, -0.2) is 24.6 Å². The summed E-state index contributed by atoms with van der Waals surface area (Å²) in [5, 5.41) is 0. The van der Waals surface area contributed by atoms with Crippen molar-refractivity contribution in [1.82, 2.24) is 0 Å². The van der Waals surface area contributed by atoms with Gasteiger partial charge in [-0.2, -0.15) is 11.8 Å². The molecule has 2 rings (SSSR count). The first-order valence-electron chi connectivity index (χ1n) is 5.95. The SMILES string of the molecule is C[C@H](N)c1ccc(N2CCCSCC2)cc1. The van der Waals surface area contributed by atoms with E-state index in [9.17, 15) is 0 Å². The molecule has 3 heteroatoms. The molecule has 0 saturated carbocycles. The van der Waals surface area contributed by atoms with Gasteiger partial charge in [0, 0.05) is 30.6 Å². The van der Waals surface area contributed by atoms with E-state index >= 15 is 0 Å². The monoisotopic (exact) mass is 236 g/mol. The molecule has 0 amide bonds. The van der Waals surface area contributed by atoms with E-state index in [2.05, 4.69) is 40.9 Å². The highest BCUT2D eigenvalue weighted by Crippen LogP contribution is 2.21. The van der Waals surface area contributed by atoms with Crippen LogP contribution < -0.4 is 10.6 Å². The number of hydrogen-bond acceptors (Lipinski definition) is 3. The van der Waals surface area contributed by atoms with Gasteiger partial charge in [-0.1, -0.05) is 12.1 Å². The minimum Gasteiger partial charge on any atom is -0.371 e. The van der Waals surface area contributed by atoms with Gasteiger partial charge in [-0.15, -0.1) is 0 Å². The third-order valence-electron chi connectivity index (χ3n) is 3.01. The van der Waals surface area contributed by atoms with E-state index in [0.717, 1.165) is 0 Å². The molecule has 0 aliphatic carbocycles. The van der Waals surface area contributed by atoms with Crippen LogP contribution in [0.1, 0.15) is 24.9 Å². The Morgan fingerprint density at radius 3 is 2.62 bits per heavy atom. The van der Waals surface area contributed by atoms with Crippen LogP contribution in [0.4, 0.5) is 5.69 Å². The minimum atomic E-state index is 0.133. The average Bonchev–Trinajstić information content (AvgIpc) is 2.57. The van der Waals surface area contributed by atoms with Crippen molar-refractivity contribution in [3.63, 3.8) is 0 Å². The van der Waals surface area contributed by atoms with Gasteiger partial charge in [-0.25, -0.2) is 0 Å². The lowest BCUT2D eigenvalue weighted by atomic mass is 10.1. The molecular formula is C13H20N2S. The lowest BCUT2D eigenvalue weighted by Gasteiger charge is -2.22. The summed E-state index contributed by atoms with van der Waals surface area (Å²) in [5.41, 5.74) is 8.41. The Morgan fingerprint density at radius 1 is 1.19 bits per heavy atom. The van der Waals surface area contributed by atoms with Gasteiger partial charge in [0.2, 0.25) is 0 Å². The fourth-order valence-electron chi connectivity index (χ4n) is 1.99. The predicted molar refractivity (Wildman–Crippen MR) is 73.2 cm³/mol. The molecule has 88 valence electrons. The quantitative estimate of drug-likeness (QED) is 0.856. The third-order valence-corrected chi connectivity index (χ3v) is 4.05. The lowest BCUT2D eigenvalue weighted by Crippen LogP contribution is -2.25. The molecule has 0 aromatic heterocycles. The summed E-state index contributed by atoms with van der Waals surface area (Å²) in [6.45, 7) is 4.38. The molecule has 1 atom stereocenters. The van der Waals surface area contributed by atoms with Crippen LogP contribution in [0.2, 0.25) is 0 Å². The van der Waals surface area contributed by atoms with Gasteiger partial charge in [0.25, 0.3) is 0 Å². The molecule has 1 aliphatic heterocycles. The second-order valence-corrected chi connectivity index (χ2v) is 5.56. The Balaban J connectivity index is 2.07. The molecule has 1 saturated heterocycles. The van der Waals surface area contributed by atoms with Crippen LogP contribution in [0.25, 0.3) is 0 Å². The van der Waals surface area contributed by atoms with E-state index in [-0.39, 0.29) is 6.04 Å². The number of nitrogens with two attached hydrogens (primary N) is 1. The van der Waals surface area contributed by atoms with E-state index in [1.165, 1.54) is 42.3 Å². The summed E-state index contributed by atoms with van der Waals surface area (Å²) in [4.78, 5) is 2.48. The first kappa shape index (κ1) is 11.8. The lowest BCUT2D eigenvalue weighted by molar-refractivity contribution is 0.805. The Hall–Kier alpha value is -0.670. The zero-order chi connectivity index (χ0) is 11.4. The summed E-state index contributed by atoms with van der Waals surface area (Å²) in [5.74, 6) is 2.55. The molecule has 1 heterocycles. The molecule has 1 aromatic carbocycles. The normalized spacial score (nSPS) is 19.2. The van der Waals surface area contributed by atoms with Gasteiger partial charge in [-0.05, 0) is 36.8 Å². The maximum Gasteiger partial charge on any atom is 0.0366 e. The molecule has 0 spiro atoms. The minimum absolute atomic E-state index is 0.133. The summed E-state index contributed by atoms with van der Waals surface area (Å²) in [6.07, 6.45) is 1.29. The first-order chi connectivity index (χ1) is 7.77. The molecule has 0 unspecified atom stereocenters. The van der Waals surface area contributed by atoms with Crippen LogP contribution in [-0.2, 0) is 0 Å². The highest BCUT2D eigenvalue weighted by Gasteiger charge is 2.10. The van der Waals surface area contributed by atoms with E-state index in [1.54, 1.807) is 0 Å². The van der Waals surface area contributed by atoms with Gasteiger partial charge < -0.3 is 10.6 Å². The molecule has 1 aromatic rings. The fraction of sp³-hybridized carbons (Fsp3) is 0.538. The third kappa shape index (κ3) is 2.92. The van der Waals surface area contributed by atoms with E-state index < -0.39 is 0 Å². The number of hydrogen-bond donors (Lipinski definition) is 1. The van der Waals surface area contributed by atoms with E-state index in [4.69, 9.17) is 5.73 Å². The van der Waals surface area contributed by atoms with Crippen molar-refractivity contribution in [3.05, 3.63) is 29.8 Å². The Bertz CT molecular complexity index is 313. The Morgan fingerprint density at radius 2 is 1.94 bits per heavy atom. The molecule has 2 nitrogen and oxygen atoms in total. The molecule has 1 fully saturated rings. The number of rotatable bonds is 2. The molecule has 0 bridgehead atoms. The maximum absolute atomic E-state index is 5.85. The largest absolute Gasteiger partial charge is 0.371 e. The zero-order valence-corrected chi connectivity index (χ0v) is 10.7. The number of anilines is 1. The van der Waals surface area contributed by atoms with E-state index in [1.807, 2.05) is 6.92 Å². The molecule has 1 aliphatic rings. The van der Waals surface area contributed by atoms with Gasteiger partial charge in [0.1, 0.15) is 0 Å². The maximum atomic E-state index is 5.85. The number of benzene rings is 1. The number of nitrogens with zero attached hydrogens (tertiary/aromatic N) is 1. The van der Waals surface area contributed by atoms with Gasteiger partial charge >= 0.3 is 0 Å². The van der Waals surface area contributed by atoms with Crippen molar-refractivity contribution in [2.75, 3.05) is 29.5 Å². The summed E-state index contributed by atoms with van der Waals surface area (Å²) in [6, 6.07) is 8.84. The highest BCUT2D eigenvalue weighted by molar-refractivity contribution is 7.99. The molecule has 16 heavy (non-hydrogen) atoms. The second kappa shape index (κ2) is 5.60. The standard InChI is InChI=1S/C13H20N2S/c1-11(14)12-3-5-13(6-4-12)15-7-2-9-16-10-8-15/h3-6,11H,2,7-10,14H2,1H3/t11-/m0/s1. The first-order valence-corrected chi connectivity index (χ1v) is 7.11. The van der Waals surface area contributed by atoms with Crippen LogP contribution in [0.3, 0.4) is 0 Å². The summed E-state index contributed by atoms with van der Waals surface area (Å²) >= 11 is 2.06. The van der Waals surface area contributed by atoms with Crippen LogP contribution >= 0.6 is 11.8 Å². The van der Waals surface area contributed by atoms with Crippen molar-refractivity contribution >= 4 is 17.4 Å². The number of thioether (sulfide) groups is 1. The highest BCUT2D eigenvalue weighted by atomic mass is 32.2. The zero-order valence-electron chi connectivity index (χ0n) is 9.86. The van der Waals surface area contributed by atoms with Crippen molar-refractivity contribution in [2.45, 2.75) is 19.4 Å². The van der Waals surface area contributed by atoms with Crippen LogP contribution in [0, 0.1) is 0 Å². The van der Waals surface area contributed by atoms with Gasteiger partial charge in [0.15, 0.2) is 0 Å². The molecule has 0 radical (unpaired) electrons. The van der Waals surface area contributed by atoms with Gasteiger partial charge in [0.05, 0.1) is 0 Å². The van der Waals surface area contributed by atoms with Crippen molar-refractivity contribution in [2.24, 2.45) is 5.73 Å². The molecular weight excluding hydrogens is 216 g/mol. The van der Waals surface area contributed by atoms with Gasteiger partial charge in [-0.3, -0.25) is 0 Å².